The summed E-state index contributed by atoms with van der Waals surface area (Å²) in [5, 5.41) is 10.6. The van der Waals surface area contributed by atoms with Crippen molar-refractivity contribution < 1.29 is 80.2 Å². The maximum absolute atomic E-state index is 13.1. The lowest BCUT2D eigenvalue weighted by molar-refractivity contribution is -0.161. The van der Waals surface area contributed by atoms with E-state index in [1.165, 1.54) is 96.3 Å². The van der Waals surface area contributed by atoms with Crippen LogP contribution in [0.4, 0.5) is 0 Å². The van der Waals surface area contributed by atoms with Crippen molar-refractivity contribution in [1.82, 2.24) is 0 Å². The number of unbranched alkanes of at least 4 members (excludes halogenated alkanes) is 33. The summed E-state index contributed by atoms with van der Waals surface area (Å²) in [7, 11) is -9.96. The van der Waals surface area contributed by atoms with Gasteiger partial charge in [-0.05, 0) is 141 Å². The van der Waals surface area contributed by atoms with Crippen LogP contribution in [0.5, 0.6) is 0 Å². The average Bonchev–Trinajstić information content (AvgIpc) is 0.962. The molecule has 0 aromatic carbocycles. The van der Waals surface area contributed by atoms with E-state index in [0.717, 1.165) is 154 Å². The quantitative estimate of drug-likeness (QED) is 0.0169. The van der Waals surface area contributed by atoms with Gasteiger partial charge in [0.25, 0.3) is 0 Å². The first-order valence-electron chi connectivity index (χ1n) is 38.8. The number of esters is 4. The Labute approximate surface area is 595 Å². The summed E-state index contributed by atoms with van der Waals surface area (Å²) in [6.07, 6.45) is 72.9. The molecule has 0 heterocycles. The summed E-state index contributed by atoms with van der Waals surface area (Å²) < 4.78 is 68.4. The van der Waals surface area contributed by atoms with Crippen LogP contribution in [-0.4, -0.2) is 96.7 Å². The highest BCUT2D eigenvalue weighted by molar-refractivity contribution is 7.47. The van der Waals surface area contributed by atoms with Gasteiger partial charge in [0.2, 0.25) is 0 Å². The molecule has 0 amide bonds. The summed E-state index contributed by atoms with van der Waals surface area (Å²) in [5.74, 6) is -2.25. The molecule has 0 aromatic rings. The first-order valence-corrected chi connectivity index (χ1v) is 41.8. The van der Waals surface area contributed by atoms with E-state index in [0.29, 0.717) is 32.1 Å². The van der Waals surface area contributed by atoms with E-state index in [1.54, 1.807) is 0 Å². The van der Waals surface area contributed by atoms with Gasteiger partial charge in [0.15, 0.2) is 12.2 Å². The van der Waals surface area contributed by atoms with Gasteiger partial charge in [-0.1, -0.05) is 254 Å². The Kier molecular flexibility index (Phi) is 68.9. The molecule has 5 atom stereocenters. The maximum atomic E-state index is 13.1. The Hall–Kier alpha value is -3.76. The topological polar surface area (TPSA) is 237 Å². The fraction of sp³-hybridized carbons (Fsp3) is 0.772. The summed E-state index contributed by atoms with van der Waals surface area (Å²) >= 11 is 0. The Balaban J connectivity index is 5.38. The number of hydrogen-bond acceptors (Lipinski definition) is 15. The van der Waals surface area contributed by atoms with E-state index in [-0.39, 0.29) is 25.7 Å². The number of aliphatic hydroxyl groups excluding tert-OH is 1. The Morgan fingerprint density at radius 1 is 0.286 bits per heavy atom. The van der Waals surface area contributed by atoms with Crippen molar-refractivity contribution >= 4 is 39.5 Å². The third-order valence-corrected chi connectivity index (χ3v) is 18.2. The molecule has 0 spiro atoms. The van der Waals surface area contributed by atoms with Gasteiger partial charge in [-0.3, -0.25) is 37.3 Å². The fourth-order valence-electron chi connectivity index (χ4n) is 10.3. The highest BCUT2D eigenvalue weighted by atomic mass is 31.2. The van der Waals surface area contributed by atoms with Gasteiger partial charge in [0, 0.05) is 25.7 Å². The lowest BCUT2D eigenvalue weighted by atomic mass is 10.1. The lowest BCUT2D eigenvalue weighted by Gasteiger charge is -2.21. The van der Waals surface area contributed by atoms with Crippen LogP contribution in [-0.2, 0) is 65.4 Å². The third-order valence-electron chi connectivity index (χ3n) is 16.3. The predicted molar refractivity (Wildman–Crippen MR) is 399 cm³/mol. The van der Waals surface area contributed by atoms with Gasteiger partial charge >= 0.3 is 39.5 Å². The summed E-state index contributed by atoms with van der Waals surface area (Å²) in [4.78, 5) is 72.8. The molecule has 98 heavy (non-hydrogen) atoms. The normalized spacial score (nSPS) is 14.4. The number of phosphoric ester groups is 2. The van der Waals surface area contributed by atoms with E-state index < -0.39 is 97.5 Å². The molecular formula is C79H140O17P2. The summed E-state index contributed by atoms with van der Waals surface area (Å²) in [6, 6.07) is 0. The largest absolute Gasteiger partial charge is 0.472 e. The number of carbonyl (C=O) groups excluding carboxylic acids is 4. The highest BCUT2D eigenvalue weighted by Crippen LogP contribution is 2.45. The van der Waals surface area contributed by atoms with Gasteiger partial charge in [-0.15, -0.1) is 0 Å². The predicted octanol–water partition coefficient (Wildman–Crippen LogP) is 22.2. The number of phosphoric acid groups is 2. The van der Waals surface area contributed by atoms with Gasteiger partial charge in [0.1, 0.15) is 19.3 Å². The van der Waals surface area contributed by atoms with Gasteiger partial charge in [-0.2, -0.15) is 0 Å². The maximum Gasteiger partial charge on any atom is 0.472 e. The van der Waals surface area contributed by atoms with Crippen molar-refractivity contribution in [3.63, 3.8) is 0 Å². The molecule has 568 valence electrons. The first kappa shape index (κ1) is 94.2. The van der Waals surface area contributed by atoms with Crippen molar-refractivity contribution in [2.75, 3.05) is 39.6 Å². The highest BCUT2D eigenvalue weighted by Gasteiger charge is 2.30. The molecule has 0 fully saturated rings. The molecule has 0 aliphatic carbocycles. The number of hydrogen-bond donors (Lipinski definition) is 3. The second kappa shape index (κ2) is 71.6. The van der Waals surface area contributed by atoms with Crippen molar-refractivity contribution in [3.8, 4) is 0 Å². The van der Waals surface area contributed by atoms with Crippen molar-refractivity contribution in [2.45, 2.75) is 354 Å². The molecule has 2 unspecified atom stereocenters. The second-order valence-electron chi connectivity index (χ2n) is 25.9. The van der Waals surface area contributed by atoms with Gasteiger partial charge in [-0.25, -0.2) is 9.13 Å². The van der Waals surface area contributed by atoms with Crippen LogP contribution in [0.25, 0.3) is 0 Å². The number of allylic oxidation sites excluding steroid dienone is 14. The molecule has 0 rings (SSSR count). The zero-order valence-electron chi connectivity index (χ0n) is 62.0. The smallest absolute Gasteiger partial charge is 0.462 e. The van der Waals surface area contributed by atoms with Crippen molar-refractivity contribution in [2.24, 2.45) is 0 Å². The Morgan fingerprint density at radius 2 is 0.510 bits per heavy atom. The number of ether oxygens (including phenoxy) is 4. The lowest BCUT2D eigenvalue weighted by Crippen LogP contribution is -2.30. The van der Waals surface area contributed by atoms with Crippen LogP contribution in [0.2, 0.25) is 0 Å². The Morgan fingerprint density at radius 3 is 0.837 bits per heavy atom. The van der Waals surface area contributed by atoms with Crippen molar-refractivity contribution in [1.29, 1.82) is 0 Å². The molecule has 19 heteroatoms. The van der Waals surface area contributed by atoms with E-state index in [2.05, 4.69) is 101 Å². The van der Waals surface area contributed by atoms with Crippen LogP contribution in [0.15, 0.2) is 85.1 Å². The monoisotopic (exact) mass is 1420 g/mol. The van der Waals surface area contributed by atoms with Crippen LogP contribution in [0.3, 0.4) is 0 Å². The zero-order chi connectivity index (χ0) is 71.8. The minimum atomic E-state index is -4.98. The van der Waals surface area contributed by atoms with Crippen molar-refractivity contribution in [3.05, 3.63) is 85.1 Å². The molecule has 0 aliphatic rings. The molecule has 0 radical (unpaired) electrons. The molecule has 0 aliphatic heterocycles. The number of rotatable bonds is 73. The molecular weight excluding hydrogens is 1280 g/mol. The molecule has 0 saturated heterocycles. The van der Waals surface area contributed by atoms with E-state index in [9.17, 15) is 43.2 Å². The van der Waals surface area contributed by atoms with Gasteiger partial charge in [0.05, 0.1) is 26.4 Å². The SMILES string of the molecule is CCCCC/C=C\C/C=C\C/C=C\C/C=C\CCCC(=O)OC[C@H](COP(=O)(O)OC[C@@H](O)COP(=O)(O)OC[C@@H](COC(=O)CCCCCCC/C=C\CCCCCC)OC(=O)CCCCCCCCC/C=C\CCCCCC)OC(=O)CCCCCCC/C=C\CCCCCC. The van der Waals surface area contributed by atoms with Crippen LogP contribution < -0.4 is 0 Å². The molecule has 3 N–H and O–H groups in total. The van der Waals surface area contributed by atoms with Crippen LogP contribution >= 0.6 is 15.6 Å². The second-order valence-corrected chi connectivity index (χ2v) is 28.8. The van der Waals surface area contributed by atoms with Crippen LogP contribution in [0, 0.1) is 0 Å². The molecule has 0 saturated carbocycles. The molecule has 0 bridgehead atoms. The minimum Gasteiger partial charge on any atom is -0.462 e. The molecule has 17 nitrogen and oxygen atoms in total. The average molecular weight is 1420 g/mol. The van der Waals surface area contributed by atoms with Crippen LogP contribution in [0.1, 0.15) is 336 Å². The summed E-state index contributed by atoms with van der Waals surface area (Å²) in [5.41, 5.74) is 0. The van der Waals surface area contributed by atoms with Gasteiger partial charge < -0.3 is 33.8 Å². The summed E-state index contributed by atoms with van der Waals surface area (Å²) in [6.45, 7) is 4.75. The third kappa shape index (κ3) is 70.7. The van der Waals surface area contributed by atoms with E-state index in [1.807, 2.05) is 12.2 Å². The number of aliphatic hydroxyl groups is 1. The Bertz CT molecular complexity index is 2190. The zero-order valence-corrected chi connectivity index (χ0v) is 63.7. The minimum absolute atomic E-state index is 0.0743. The number of carbonyl (C=O) groups is 4. The van der Waals surface area contributed by atoms with E-state index >= 15 is 0 Å². The van der Waals surface area contributed by atoms with E-state index in [4.69, 9.17) is 37.0 Å². The fourth-order valence-corrected chi connectivity index (χ4v) is 11.9. The first-order chi connectivity index (χ1) is 47.7. The molecule has 0 aromatic heterocycles. The standard InChI is InChI=1S/C79H140O17P2/c1-5-9-13-17-21-25-29-33-35-36-38-41-44-48-52-56-60-64-77(82)90-70-74(95-78(83)65-61-57-53-49-45-40-32-28-24-20-16-12-8-4)71-93-97(85,86)91-67-73(80)68-92-98(87,88)94-72-75(69-89-76(81)63-59-55-51-47-43-39-31-27-23-19-15-11-7-3)96-79(84)66-62-58-54-50-46-42-37-34-30-26-22-18-14-10-6-2/h21,25-28,30-33,35,38,41,48,52,73-75,80H,5-20,22-24,29,34,36-37,39-40,42-47,49-51,53-72H2,1-4H3,(H,85,86)(H,87,88)/b25-21-,30-26-,31-27-,32-28-,35-33-,41-38-,52-48-/t73-,74-,75-/m1/s1.